The summed E-state index contributed by atoms with van der Waals surface area (Å²) >= 11 is 0. The number of aryl methyl sites for hydroxylation is 1. The van der Waals surface area contributed by atoms with Gasteiger partial charge in [-0.1, -0.05) is 0 Å². The highest BCUT2D eigenvalue weighted by atomic mass is 16.5. The predicted octanol–water partition coefficient (Wildman–Crippen LogP) is 1.43. The van der Waals surface area contributed by atoms with E-state index in [0.29, 0.717) is 11.4 Å². The van der Waals surface area contributed by atoms with E-state index in [1.807, 2.05) is 6.92 Å². The van der Waals surface area contributed by atoms with Crippen molar-refractivity contribution in [1.29, 1.82) is 0 Å². The highest BCUT2D eigenvalue weighted by molar-refractivity contribution is 6.09. The van der Waals surface area contributed by atoms with Gasteiger partial charge in [-0.25, -0.2) is 4.98 Å². The van der Waals surface area contributed by atoms with Crippen molar-refractivity contribution in [2.45, 2.75) is 6.92 Å². The maximum atomic E-state index is 12.4. The first-order chi connectivity index (χ1) is 9.17. The number of pyridine rings is 1. The maximum Gasteiger partial charge on any atom is 0.247 e. The van der Waals surface area contributed by atoms with Crippen LogP contribution in [-0.4, -0.2) is 35.0 Å². The number of rotatable bonds is 4. The van der Waals surface area contributed by atoms with E-state index in [1.54, 1.807) is 18.5 Å². The summed E-state index contributed by atoms with van der Waals surface area (Å²) in [5.74, 6) is 0.173. The van der Waals surface area contributed by atoms with Crippen LogP contribution in [0.2, 0.25) is 0 Å². The molecule has 2 rings (SSSR count). The fourth-order valence-corrected chi connectivity index (χ4v) is 1.61. The molecule has 2 heterocycles. The summed E-state index contributed by atoms with van der Waals surface area (Å²) in [4.78, 5) is 24.4. The van der Waals surface area contributed by atoms with Crippen molar-refractivity contribution >= 4 is 5.78 Å². The number of hydrogen-bond donors (Lipinski definition) is 0. The predicted molar refractivity (Wildman–Crippen MR) is 67.5 cm³/mol. The molecular weight excluding hydrogens is 246 g/mol. The van der Waals surface area contributed by atoms with Gasteiger partial charge < -0.3 is 9.47 Å². The molecule has 2 aromatic rings. The molecule has 0 aliphatic rings. The number of ketones is 1. The van der Waals surface area contributed by atoms with Crippen LogP contribution in [0.15, 0.2) is 24.7 Å². The Kier molecular flexibility index (Phi) is 3.70. The van der Waals surface area contributed by atoms with Gasteiger partial charge in [0.1, 0.15) is 0 Å². The number of methoxy groups -OCH3 is 2. The summed E-state index contributed by atoms with van der Waals surface area (Å²) in [6.45, 7) is 1.81. The second-order valence-electron chi connectivity index (χ2n) is 3.79. The van der Waals surface area contributed by atoms with Crippen molar-refractivity contribution in [3.05, 3.63) is 41.5 Å². The molecule has 0 amide bonds. The molecule has 0 aliphatic heterocycles. The third-order valence-electron chi connectivity index (χ3n) is 2.60. The molecule has 0 aliphatic carbocycles. The molecule has 0 saturated heterocycles. The second-order valence-corrected chi connectivity index (χ2v) is 3.79. The average Bonchev–Trinajstić information content (AvgIpc) is 2.46. The summed E-state index contributed by atoms with van der Waals surface area (Å²) < 4.78 is 10.0. The summed E-state index contributed by atoms with van der Waals surface area (Å²) in [5, 5.41) is 0. The van der Waals surface area contributed by atoms with Crippen LogP contribution in [0.4, 0.5) is 0 Å². The summed E-state index contributed by atoms with van der Waals surface area (Å²) in [7, 11) is 2.90. The van der Waals surface area contributed by atoms with Crippen molar-refractivity contribution < 1.29 is 14.3 Å². The van der Waals surface area contributed by atoms with Crippen LogP contribution in [0.25, 0.3) is 0 Å². The lowest BCUT2D eigenvalue weighted by molar-refractivity contribution is 0.102. The van der Waals surface area contributed by atoms with Gasteiger partial charge in [0.05, 0.1) is 20.4 Å². The first-order valence-corrected chi connectivity index (χ1v) is 5.57. The normalized spacial score (nSPS) is 10.1. The van der Waals surface area contributed by atoms with Crippen LogP contribution in [0.1, 0.15) is 21.6 Å². The van der Waals surface area contributed by atoms with Gasteiger partial charge in [-0.2, -0.15) is 4.98 Å². The van der Waals surface area contributed by atoms with E-state index in [1.165, 1.54) is 20.4 Å². The van der Waals surface area contributed by atoms with Crippen LogP contribution >= 0.6 is 0 Å². The van der Waals surface area contributed by atoms with Gasteiger partial charge in [0.25, 0.3) is 0 Å². The Morgan fingerprint density at radius 1 is 1.21 bits per heavy atom. The molecule has 98 valence electrons. The van der Waals surface area contributed by atoms with E-state index in [9.17, 15) is 4.79 Å². The van der Waals surface area contributed by atoms with E-state index < -0.39 is 0 Å². The lowest BCUT2D eigenvalue weighted by atomic mass is 10.1. The van der Waals surface area contributed by atoms with Crippen molar-refractivity contribution in [2.75, 3.05) is 14.2 Å². The van der Waals surface area contributed by atoms with E-state index in [2.05, 4.69) is 15.0 Å². The number of hydrogen-bond acceptors (Lipinski definition) is 6. The fraction of sp³-hybridized carbons (Fsp3) is 0.231. The number of carbonyl (C=O) groups is 1. The molecule has 0 radical (unpaired) electrons. The van der Waals surface area contributed by atoms with Crippen LogP contribution in [0.5, 0.6) is 11.8 Å². The monoisotopic (exact) mass is 259 g/mol. The zero-order valence-corrected chi connectivity index (χ0v) is 10.9. The minimum absolute atomic E-state index is 0.139. The molecule has 0 N–H and O–H groups in total. The van der Waals surface area contributed by atoms with Gasteiger partial charge in [0.2, 0.25) is 17.5 Å². The molecule has 0 aromatic carbocycles. The van der Waals surface area contributed by atoms with Crippen LogP contribution in [-0.2, 0) is 0 Å². The number of aromatic nitrogens is 3. The van der Waals surface area contributed by atoms with Crippen molar-refractivity contribution in [3.8, 4) is 11.8 Å². The van der Waals surface area contributed by atoms with Crippen molar-refractivity contribution in [2.24, 2.45) is 0 Å². The largest absolute Gasteiger partial charge is 0.480 e. The molecule has 6 nitrogen and oxygen atoms in total. The zero-order valence-electron chi connectivity index (χ0n) is 10.9. The van der Waals surface area contributed by atoms with Gasteiger partial charge in [-0.15, -0.1) is 0 Å². The van der Waals surface area contributed by atoms with E-state index in [-0.39, 0.29) is 17.4 Å². The van der Waals surface area contributed by atoms with Crippen LogP contribution in [0.3, 0.4) is 0 Å². The summed E-state index contributed by atoms with van der Waals surface area (Å²) in [6, 6.07) is 1.64. The molecule has 0 saturated carbocycles. The lowest BCUT2D eigenvalue weighted by Gasteiger charge is -2.08. The topological polar surface area (TPSA) is 74.2 Å². The molecule has 2 aromatic heterocycles. The standard InChI is InChI=1S/C13H13N3O3/c1-8-6-14-5-4-9(8)12(17)11-13(19-3)16-10(18-2)7-15-11/h4-7H,1-3H3. The van der Waals surface area contributed by atoms with Crippen molar-refractivity contribution in [3.63, 3.8) is 0 Å². The molecular formula is C13H13N3O3. The number of ether oxygens (including phenoxy) is 2. The Morgan fingerprint density at radius 3 is 2.63 bits per heavy atom. The third kappa shape index (κ3) is 2.52. The fourth-order valence-electron chi connectivity index (χ4n) is 1.61. The van der Waals surface area contributed by atoms with Gasteiger partial charge in [-0.05, 0) is 18.6 Å². The van der Waals surface area contributed by atoms with Gasteiger partial charge in [0.15, 0.2) is 5.69 Å². The third-order valence-corrected chi connectivity index (χ3v) is 2.60. The molecule has 0 fully saturated rings. The first kappa shape index (κ1) is 12.9. The van der Waals surface area contributed by atoms with E-state index in [4.69, 9.17) is 9.47 Å². The van der Waals surface area contributed by atoms with Gasteiger partial charge in [0, 0.05) is 18.0 Å². The molecule has 0 bridgehead atoms. The zero-order chi connectivity index (χ0) is 13.8. The van der Waals surface area contributed by atoms with Gasteiger partial charge >= 0.3 is 0 Å². The molecule has 0 spiro atoms. The molecule has 6 heteroatoms. The molecule has 0 atom stereocenters. The van der Waals surface area contributed by atoms with Crippen LogP contribution in [0, 0.1) is 6.92 Å². The number of nitrogens with zero attached hydrogens (tertiary/aromatic N) is 3. The lowest BCUT2D eigenvalue weighted by Crippen LogP contribution is -2.10. The Hall–Kier alpha value is -2.50. The van der Waals surface area contributed by atoms with Crippen LogP contribution < -0.4 is 9.47 Å². The second kappa shape index (κ2) is 5.43. The summed E-state index contributed by atoms with van der Waals surface area (Å²) in [5.41, 5.74) is 1.44. The molecule has 19 heavy (non-hydrogen) atoms. The SMILES string of the molecule is COc1cnc(C(=O)c2ccncc2C)c(OC)n1. The van der Waals surface area contributed by atoms with Crippen molar-refractivity contribution in [1.82, 2.24) is 15.0 Å². The minimum Gasteiger partial charge on any atom is -0.480 e. The highest BCUT2D eigenvalue weighted by Gasteiger charge is 2.19. The maximum absolute atomic E-state index is 12.4. The highest BCUT2D eigenvalue weighted by Crippen LogP contribution is 2.21. The Balaban J connectivity index is 2.47. The first-order valence-electron chi connectivity index (χ1n) is 5.57. The van der Waals surface area contributed by atoms with Gasteiger partial charge in [-0.3, -0.25) is 9.78 Å². The Morgan fingerprint density at radius 2 is 2.00 bits per heavy atom. The number of carbonyl (C=O) groups excluding carboxylic acids is 1. The molecule has 0 unspecified atom stereocenters. The van der Waals surface area contributed by atoms with E-state index in [0.717, 1.165) is 5.56 Å². The smallest absolute Gasteiger partial charge is 0.247 e. The Bertz CT molecular complexity index is 614. The minimum atomic E-state index is -0.257. The summed E-state index contributed by atoms with van der Waals surface area (Å²) in [6.07, 6.45) is 4.56. The average molecular weight is 259 g/mol. The van der Waals surface area contributed by atoms with E-state index >= 15 is 0 Å². The Labute approximate surface area is 110 Å². The quantitative estimate of drug-likeness (QED) is 0.773.